The molecule has 2 aromatic heterocycles. The lowest BCUT2D eigenvalue weighted by Gasteiger charge is -2.34. The number of nitrogens with zero attached hydrogens (tertiary/aromatic N) is 4. The lowest BCUT2D eigenvalue weighted by molar-refractivity contribution is -0.116. The maximum atomic E-state index is 12.4. The average Bonchev–Trinajstić information content (AvgIpc) is 3.46. The number of morpholine rings is 1. The van der Waals surface area contributed by atoms with Crippen molar-refractivity contribution in [1.29, 1.82) is 0 Å². The largest absolute Gasteiger partial charge is 0.493 e. The normalized spacial score (nSPS) is 18.6. The number of amides is 1. The van der Waals surface area contributed by atoms with Crippen molar-refractivity contribution in [2.24, 2.45) is 0 Å². The number of carbonyl (C=O) groups excluding carboxylic acids is 1. The summed E-state index contributed by atoms with van der Waals surface area (Å²) in [5.74, 6) is 1.85. The molecule has 34 heavy (non-hydrogen) atoms. The Bertz CT molecular complexity index is 1110. The smallest absolute Gasteiger partial charge is 0.227 e. The van der Waals surface area contributed by atoms with Crippen molar-refractivity contribution >= 4 is 22.4 Å². The van der Waals surface area contributed by atoms with E-state index in [9.17, 15) is 4.79 Å². The van der Waals surface area contributed by atoms with Crippen LogP contribution in [0.3, 0.4) is 0 Å². The first-order valence-corrected chi connectivity index (χ1v) is 12.0. The number of aryl methyl sites for hydroxylation is 1. The Hall–Kier alpha value is -3.02. The second-order valence-electron chi connectivity index (χ2n) is 8.23. The Balaban J connectivity index is 1.28. The molecule has 11 heteroatoms. The van der Waals surface area contributed by atoms with Gasteiger partial charge in [-0.05, 0) is 32.0 Å². The highest BCUT2D eigenvalue weighted by molar-refractivity contribution is 7.13. The first-order chi connectivity index (χ1) is 16.4. The number of anilines is 1. The number of rotatable bonds is 9. The number of aromatic nitrogens is 3. The molecule has 1 aromatic carbocycles. The Kier molecular flexibility index (Phi) is 7.76. The van der Waals surface area contributed by atoms with Gasteiger partial charge in [0.1, 0.15) is 0 Å². The summed E-state index contributed by atoms with van der Waals surface area (Å²) in [4.78, 5) is 23.7. The van der Waals surface area contributed by atoms with Crippen LogP contribution in [0.5, 0.6) is 11.5 Å². The van der Waals surface area contributed by atoms with Gasteiger partial charge in [0, 0.05) is 43.4 Å². The van der Waals surface area contributed by atoms with E-state index in [0.717, 1.165) is 30.9 Å². The first kappa shape index (κ1) is 24.1. The maximum absolute atomic E-state index is 12.4. The zero-order valence-corrected chi connectivity index (χ0v) is 20.6. The average molecular weight is 488 g/mol. The predicted molar refractivity (Wildman–Crippen MR) is 127 cm³/mol. The number of methoxy groups -OCH3 is 2. The number of thiazole rings is 1. The minimum absolute atomic E-state index is 0.152. The Morgan fingerprint density at radius 1 is 1.18 bits per heavy atom. The molecule has 1 fully saturated rings. The molecular weight excluding hydrogens is 458 g/mol. The zero-order chi connectivity index (χ0) is 24.1. The van der Waals surface area contributed by atoms with Crippen LogP contribution in [0, 0.1) is 0 Å². The van der Waals surface area contributed by atoms with Gasteiger partial charge in [-0.3, -0.25) is 9.69 Å². The molecule has 2 atom stereocenters. The highest BCUT2D eigenvalue weighted by Crippen LogP contribution is 2.31. The molecule has 0 saturated carbocycles. The van der Waals surface area contributed by atoms with Crippen molar-refractivity contribution in [2.75, 3.05) is 32.6 Å². The fourth-order valence-corrected chi connectivity index (χ4v) is 4.65. The monoisotopic (exact) mass is 487 g/mol. The van der Waals surface area contributed by atoms with Crippen LogP contribution in [-0.2, 0) is 22.5 Å². The van der Waals surface area contributed by atoms with Crippen LogP contribution in [-0.4, -0.2) is 65.4 Å². The number of carbonyl (C=O) groups is 1. The molecule has 0 unspecified atom stereocenters. The van der Waals surface area contributed by atoms with Crippen LogP contribution in [0.4, 0.5) is 5.13 Å². The maximum Gasteiger partial charge on any atom is 0.227 e. The van der Waals surface area contributed by atoms with E-state index in [1.54, 1.807) is 26.4 Å². The summed E-state index contributed by atoms with van der Waals surface area (Å²) >= 11 is 1.42. The molecule has 0 aliphatic carbocycles. The quantitative estimate of drug-likeness (QED) is 0.485. The lowest BCUT2D eigenvalue weighted by atomic mass is 10.2. The van der Waals surface area contributed by atoms with Crippen molar-refractivity contribution in [3.05, 3.63) is 35.2 Å². The minimum atomic E-state index is -0.152. The third-order valence-electron chi connectivity index (χ3n) is 5.35. The third-order valence-corrected chi connectivity index (χ3v) is 6.16. The van der Waals surface area contributed by atoms with Gasteiger partial charge in [0.15, 0.2) is 16.6 Å². The number of hydrogen-bond donors (Lipinski definition) is 1. The van der Waals surface area contributed by atoms with E-state index < -0.39 is 0 Å². The van der Waals surface area contributed by atoms with Gasteiger partial charge in [-0.25, -0.2) is 4.98 Å². The topological polar surface area (TPSA) is 112 Å². The molecule has 0 radical (unpaired) electrons. The molecule has 0 spiro atoms. The van der Waals surface area contributed by atoms with Crippen molar-refractivity contribution in [1.82, 2.24) is 20.0 Å². The molecule has 182 valence electrons. The van der Waals surface area contributed by atoms with Crippen molar-refractivity contribution < 1.29 is 23.5 Å². The van der Waals surface area contributed by atoms with Gasteiger partial charge in [0.25, 0.3) is 0 Å². The van der Waals surface area contributed by atoms with Gasteiger partial charge in [-0.2, -0.15) is 4.98 Å². The van der Waals surface area contributed by atoms with Crippen LogP contribution < -0.4 is 14.8 Å². The van der Waals surface area contributed by atoms with Gasteiger partial charge in [-0.15, -0.1) is 11.3 Å². The SMILES string of the molecule is COc1ccc(-c2noc(CCC(=O)Nc3nc(CN4C[C@@H](C)O[C@H](C)C4)cs3)n2)cc1OC. The molecule has 0 bridgehead atoms. The standard InChI is InChI=1S/C23H29N5O5S/c1-14-10-28(11-15(2)32-14)12-17-13-34-23(24-17)25-20(29)7-8-21-26-22(27-33-21)16-5-6-18(30-3)19(9-16)31-4/h5-6,9,13-15H,7-8,10-12H2,1-4H3,(H,24,25,29)/t14-,15-/m1/s1. The van der Waals surface area contributed by atoms with E-state index in [4.69, 9.17) is 18.7 Å². The van der Waals surface area contributed by atoms with E-state index in [2.05, 4.69) is 39.2 Å². The fraction of sp³-hybridized carbons (Fsp3) is 0.478. The third kappa shape index (κ3) is 6.10. The summed E-state index contributed by atoms with van der Waals surface area (Å²) < 4.78 is 21.7. The summed E-state index contributed by atoms with van der Waals surface area (Å²) in [6.07, 6.45) is 0.951. The molecule has 10 nitrogen and oxygen atoms in total. The summed E-state index contributed by atoms with van der Waals surface area (Å²) in [5.41, 5.74) is 1.68. The predicted octanol–water partition coefficient (Wildman–Crippen LogP) is 3.39. The van der Waals surface area contributed by atoms with Crippen LogP contribution in [0.25, 0.3) is 11.4 Å². The van der Waals surface area contributed by atoms with Crippen LogP contribution in [0.2, 0.25) is 0 Å². The minimum Gasteiger partial charge on any atom is -0.493 e. The van der Waals surface area contributed by atoms with E-state index in [0.29, 0.717) is 34.8 Å². The zero-order valence-electron chi connectivity index (χ0n) is 19.7. The van der Waals surface area contributed by atoms with Gasteiger partial charge >= 0.3 is 0 Å². The first-order valence-electron chi connectivity index (χ1n) is 11.1. The van der Waals surface area contributed by atoms with Gasteiger partial charge in [-0.1, -0.05) is 5.16 Å². The Morgan fingerprint density at radius 3 is 2.68 bits per heavy atom. The number of hydrogen-bond acceptors (Lipinski definition) is 10. The van der Waals surface area contributed by atoms with E-state index in [1.807, 2.05) is 11.4 Å². The molecule has 1 N–H and O–H groups in total. The number of nitrogens with one attached hydrogen (secondary N) is 1. The molecule has 3 aromatic rings. The van der Waals surface area contributed by atoms with E-state index >= 15 is 0 Å². The number of ether oxygens (including phenoxy) is 3. The summed E-state index contributed by atoms with van der Waals surface area (Å²) in [6, 6.07) is 5.37. The molecule has 3 heterocycles. The summed E-state index contributed by atoms with van der Waals surface area (Å²) in [5, 5.41) is 9.44. The van der Waals surface area contributed by atoms with Gasteiger partial charge < -0.3 is 24.1 Å². The van der Waals surface area contributed by atoms with Crippen molar-refractivity contribution in [3.8, 4) is 22.9 Å². The van der Waals surface area contributed by atoms with Crippen molar-refractivity contribution in [3.63, 3.8) is 0 Å². The summed E-state index contributed by atoms with van der Waals surface area (Å²) in [6.45, 7) is 6.65. The highest BCUT2D eigenvalue weighted by atomic mass is 32.1. The van der Waals surface area contributed by atoms with Crippen LogP contribution >= 0.6 is 11.3 Å². The van der Waals surface area contributed by atoms with Gasteiger partial charge in [0.05, 0.1) is 32.1 Å². The second-order valence-corrected chi connectivity index (χ2v) is 9.08. The van der Waals surface area contributed by atoms with Crippen molar-refractivity contribution in [2.45, 2.75) is 45.4 Å². The Labute approximate surface area is 202 Å². The second kappa shape index (κ2) is 10.9. The molecule has 1 aliphatic rings. The Morgan fingerprint density at radius 2 is 1.94 bits per heavy atom. The highest BCUT2D eigenvalue weighted by Gasteiger charge is 2.23. The molecule has 1 saturated heterocycles. The van der Waals surface area contributed by atoms with Crippen LogP contribution in [0.15, 0.2) is 28.1 Å². The molecule has 4 rings (SSSR count). The number of benzene rings is 1. The summed E-state index contributed by atoms with van der Waals surface area (Å²) in [7, 11) is 3.14. The molecule has 1 amide bonds. The lowest BCUT2D eigenvalue weighted by Crippen LogP contribution is -2.44. The van der Waals surface area contributed by atoms with Gasteiger partial charge in [0.2, 0.25) is 17.6 Å². The molecular formula is C23H29N5O5S. The molecule has 1 aliphatic heterocycles. The van der Waals surface area contributed by atoms with E-state index in [-0.39, 0.29) is 24.5 Å². The fourth-order valence-electron chi connectivity index (χ4n) is 3.93. The van der Waals surface area contributed by atoms with E-state index in [1.165, 1.54) is 11.3 Å². The van der Waals surface area contributed by atoms with Crippen LogP contribution in [0.1, 0.15) is 31.9 Å².